The van der Waals surface area contributed by atoms with Gasteiger partial charge >= 0.3 is 0 Å². The first-order chi connectivity index (χ1) is 8.66. The van der Waals surface area contributed by atoms with E-state index in [1.807, 2.05) is 0 Å². The molecule has 1 aliphatic rings. The smallest absolute Gasteiger partial charge is 0.0217 e. The molecule has 2 heteroatoms. The van der Waals surface area contributed by atoms with Crippen molar-refractivity contribution >= 4 is 0 Å². The molecule has 0 aromatic heterocycles. The maximum Gasteiger partial charge on any atom is 0.0217 e. The minimum absolute atomic E-state index is 0.726. The van der Waals surface area contributed by atoms with E-state index in [4.69, 9.17) is 0 Å². The molecular weight excluding hydrogens is 220 g/mol. The molecule has 2 rings (SSSR count). The van der Waals surface area contributed by atoms with Gasteiger partial charge in [0.15, 0.2) is 0 Å². The minimum atomic E-state index is 0.726. The van der Waals surface area contributed by atoms with Gasteiger partial charge in [-0.3, -0.25) is 0 Å². The molecular formula is C16H26N2. The fourth-order valence-corrected chi connectivity index (χ4v) is 2.82. The Labute approximate surface area is 111 Å². The van der Waals surface area contributed by atoms with E-state index < -0.39 is 0 Å². The molecule has 2 nitrogen and oxygen atoms in total. The van der Waals surface area contributed by atoms with E-state index in [0.717, 1.165) is 19.1 Å². The van der Waals surface area contributed by atoms with Gasteiger partial charge in [-0.05, 0) is 51.4 Å². The Morgan fingerprint density at radius 2 is 2.11 bits per heavy atom. The number of piperidine rings is 1. The Morgan fingerprint density at radius 1 is 1.28 bits per heavy atom. The predicted octanol–water partition coefficient (Wildman–Crippen LogP) is 2.88. The number of hydrogen-bond donors (Lipinski definition) is 1. The molecule has 0 amide bonds. The van der Waals surface area contributed by atoms with Crippen LogP contribution in [-0.2, 0) is 6.54 Å². The van der Waals surface area contributed by atoms with Crippen LogP contribution in [0.1, 0.15) is 36.0 Å². The van der Waals surface area contributed by atoms with Crippen LogP contribution in [0.15, 0.2) is 18.2 Å². The van der Waals surface area contributed by atoms with Crippen LogP contribution >= 0.6 is 0 Å². The fourth-order valence-electron chi connectivity index (χ4n) is 2.82. The van der Waals surface area contributed by atoms with Crippen molar-refractivity contribution in [3.63, 3.8) is 0 Å². The van der Waals surface area contributed by atoms with Gasteiger partial charge in [0.1, 0.15) is 0 Å². The van der Waals surface area contributed by atoms with Gasteiger partial charge in [-0.25, -0.2) is 0 Å². The summed E-state index contributed by atoms with van der Waals surface area (Å²) < 4.78 is 0. The van der Waals surface area contributed by atoms with E-state index in [2.05, 4.69) is 49.3 Å². The van der Waals surface area contributed by atoms with Crippen molar-refractivity contribution in [2.24, 2.45) is 0 Å². The van der Waals surface area contributed by atoms with Crippen LogP contribution in [0.25, 0.3) is 0 Å². The van der Waals surface area contributed by atoms with Crippen LogP contribution in [-0.4, -0.2) is 31.1 Å². The molecule has 0 spiro atoms. The van der Waals surface area contributed by atoms with Crippen LogP contribution in [0, 0.1) is 13.8 Å². The van der Waals surface area contributed by atoms with Crippen LogP contribution in [0.2, 0.25) is 0 Å². The Balaban J connectivity index is 1.81. The van der Waals surface area contributed by atoms with Gasteiger partial charge in [0.25, 0.3) is 0 Å². The molecule has 1 aromatic carbocycles. The molecule has 0 bridgehead atoms. The molecule has 1 N–H and O–H groups in total. The van der Waals surface area contributed by atoms with E-state index >= 15 is 0 Å². The third kappa shape index (κ3) is 3.56. The topological polar surface area (TPSA) is 15.3 Å². The van der Waals surface area contributed by atoms with Gasteiger partial charge in [0.2, 0.25) is 0 Å². The quantitative estimate of drug-likeness (QED) is 0.879. The normalized spacial score (nSPS) is 21.2. The number of nitrogens with zero attached hydrogens (tertiary/aromatic N) is 1. The Kier molecular flexibility index (Phi) is 4.79. The lowest BCUT2D eigenvalue weighted by Gasteiger charge is -2.32. The summed E-state index contributed by atoms with van der Waals surface area (Å²) in [6.07, 6.45) is 4.10. The first kappa shape index (κ1) is 13.6. The molecule has 1 atom stereocenters. The van der Waals surface area contributed by atoms with Crippen molar-refractivity contribution in [3.05, 3.63) is 34.9 Å². The maximum atomic E-state index is 3.62. The number of likely N-dealkylation sites (tertiary alicyclic amines) is 1. The average molecular weight is 246 g/mol. The standard InChI is InChI=1S/C16H26N2/c1-13-7-8-15(14(2)10-13)11-17-12-16-6-4-5-9-18(16)3/h7-8,10,16-17H,4-6,9,11-12H2,1-3H3. The summed E-state index contributed by atoms with van der Waals surface area (Å²) in [5, 5.41) is 3.62. The summed E-state index contributed by atoms with van der Waals surface area (Å²) >= 11 is 0. The van der Waals surface area contributed by atoms with Crippen molar-refractivity contribution < 1.29 is 0 Å². The van der Waals surface area contributed by atoms with Gasteiger partial charge in [-0.15, -0.1) is 0 Å². The minimum Gasteiger partial charge on any atom is -0.311 e. The van der Waals surface area contributed by atoms with Gasteiger partial charge in [0, 0.05) is 19.1 Å². The van der Waals surface area contributed by atoms with Crippen LogP contribution in [0.3, 0.4) is 0 Å². The summed E-state index contributed by atoms with van der Waals surface area (Å²) in [6.45, 7) is 7.73. The third-order valence-electron chi connectivity index (χ3n) is 4.12. The molecule has 1 saturated heterocycles. The van der Waals surface area contributed by atoms with E-state index in [-0.39, 0.29) is 0 Å². The van der Waals surface area contributed by atoms with E-state index in [9.17, 15) is 0 Å². The fraction of sp³-hybridized carbons (Fsp3) is 0.625. The van der Waals surface area contributed by atoms with Gasteiger partial charge in [0.05, 0.1) is 0 Å². The zero-order chi connectivity index (χ0) is 13.0. The van der Waals surface area contributed by atoms with Crippen molar-refractivity contribution in [1.82, 2.24) is 10.2 Å². The number of likely N-dealkylation sites (N-methyl/N-ethyl adjacent to an activating group) is 1. The molecule has 18 heavy (non-hydrogen) atoms. The molecule has 0 radical (unpaired) electrons. The number of hydrogen-bond acceptors (Lipinski definition) is 2. The average Bonchev–Trinajstić information content (AvgIpc) is 2.34. The molecule has 100 valence electrons. The zero-order valence-corrected chi connectivity index (χ0v) is 12.0. The highest BCUT2D eigenvalue weighted by Crippen LogP contribution is 2.15. The van der Waals surface area contributed by atoms with Gasteiger partial charge in [-0.2, -0.15) is 0 Å². The summed E-state index contributed by atoms with van der Waals surface area (Å²) in [6, 6.07) is 7.45. The Hall–Kier alpha value is -0.860. The van der Waals surface area contributed by atoms with Gasteiger partial charge in [-0.1, -0.05) is 30.2 Å². The second-order valence-corrected chi connectivity index (χ2v) is 5.69. The highest BCUT2D eigenvalue weighted by Gasteiger charge is 2.17. The SMILES string of the molecule is Cc1ccc(CNCC2CCCCN2C)c(C)c1. The molecule has 0 saturated carbocycles. The second kappa shape index (κ2) is 6.35. The van der Waals surface area contributed by atoms with Crippen molar-refractivity contribution in [1.29, 1.82) is 0 Å². The molecule has 1 unspecified atom stereocenters. The highest BCUT2D eigenvalue weighted by atomic mass is 15.2. The van der Waals surface area contributed by atoms with Crippen LogP contribution in [0.4, 0.5) is 0 Å². The Bertz CT molecular complexity index is 387. The number of benzene rings is 1. The van der Waals surface area contributed by atoms with Crippen molar-refractivity contribution in [2.45, 2.75) is 45.7 Å². The molecule has 1 fully saturated rings. The summed E-state index contributed by atoms with van der Waals surface area (Å²) in [4.78, 5) is 2.50. The van der Waals surface area contributed by atoms with Gasteiger partial charge < -0.3 is 10.2 Å². The zero-order valence-electron chi connectivity index (χ0n) is 12.0. The molecule has 1 heterocycles. The summed E-state index contributed by atoms with van der Waals surface area (Å²) in [7, 11) is 2.25. The number of aryl methyl sites for hydroxylation is 2. The molecule has 0 aliphatic carbocycles. The number of nitrogens with one attached hydrogen (secondary N) is 1. The van der Waals surface area contributed by atoms with Crippen molar-refractivity contribution in [2.75, 3.05) is 20.1 Å². The lowest BCUT2D eigenvalue weighted by molar-refractivity contribution is 0.181. The largest absolute Gasteiger partial charge is 0.311 e. The van der Waals surface area contributed by atoms with Crippen molar-refractivity contribution in [3.8, 4) is 0 Å². The van der Waals surface area contributed by atoms with E-state index in [1.165, 1.54) is 42.5 Å². The molecule has 1 aromatic rings. The van der Waals surface area contributed by atoms with E-state index in [1.54, 1.807) is 0 Å². The first-order valence-electron chi connectivity index (χ1n) is 7.14. The van der Waals surface area contributed by atoms with Crippen LogP contribution in [0.5, 0.6) is 0 Å². The van der Waals surface area contributed by atoms with Crippen LogP contribution < -0.4 is 5.32 Å². The second-order valence-electron chi connectivity index (χ2n) is 5.69. The summed E-state index contributed by atoms with van der Waals surface area (Å²) in [5.41, 5.74) is 4.18. The first-order valence-corrected chi connectivity index (χ1v) is 7.14. The highest BCUT2D eigenvalue weighted by molar-refractivity contribution is 5.30. The van der Waals surface area contributed by atoms with E-state index in [0.29, 0.717) is 0 Å². The predicted molar refractivity (Wildman–Crippen MR) is 77.9 cm³/mol. The molecule has 1 aliphatic heterocycles. The number of rotatable bonds is 4. The maximum absolute atomic E-state index is 3.62. The monoisotopic (exact) mass is 246 g/mol. The lowest BCUT2D eigenvalue weighted by Crippen LogP contribution is -2.42. The third-order valence-corrected chi connectivity index (χ3v) is 4.12. The lowest BCUT2D eigenvalue weighted by atomic mass is 10.0. The Morgan fingerprint density at radius 3 is 2.83 bits per heavy atom. The summed E-state index contributed by atoms with van der Waals surface area (Å²) in [5.74, 6) is 0.